The van der Waals surface area contributed by atoms with Crippen LogP contribution in [0.5, 0.6) is 5.88 Å². The van der Waals surface area contributed by atoms with Gasteiger partial charge >= 0.3 is 0 Å². The third kappa shape index (κ3) is 1.07. The molecule has 1 aromatic rings. The van der Waals surface area contributed by atoms with E-state index >= 15 is 0 Å². The van der Waals surface area contributed by atoms with Gasteiger partial charge in [0.15, 0.2) is 6.29 Å². The van der Waals surface area contributed by atoms with E-state index in [9.17, 15) is 4.79 Å². The lowest BCUT2D eigenvalue weighted by molar-refractivity contribution is 0.109. The molecule has 9 heavy (non-hydrogen) atoms. The van der Waals surface area contributed by atoms with Crippen molar-refractivity contribution in [3.63, 3.8) is 0 Å². The van der Waals surface area contributed by atoms with Gasteiger partial charge in [0.1, 0.15) is 0 Å². The minimum absolute atomic E-state index is 0.173. The van der Waals surface area contributed by atoms with Gasteiger partial charge in [-0.15, -0.1) is 0 Å². The molecule has 0 aliphatic carbocycles. The molecule has 0 aliphatic heterocycles. The maximum atomic E-state index is 9.95. The monoisotopic (exact) mass is 127 g/mol. The summed E-state index contributed by atoms with van der Waals surface area (Å²) in [7, 11) is 1.45. The van der Waals surface area contributed by atoms with Gasteiger partial charge in [0.25, 0.3) is 5.88 Å². The molecular weight excluding hydrogens is 122 g/mol. The van der Waals surface area contributed by atoms with Crippen LogP contribution in [0, 0.1) is 0 Å². The standard InChI is InChI=1S/C5H5NO3/c1-8-5-2-4(3-7)9-6-5/h2-3H,1H3. The molecule has 0 saturated carbocycles. The van der Waals surface area contributed by atoms with E-state index in [0.29, 0.717) is 12.2 Å². The lowest BCUT2D eigenvalue weighted by Gasteiger charge is -1.83. The zero-order chi connectivity index (χ0) is 6.69. The summed E-state index contributed by atoms with van der Waals surface area (Å²) < 4.78 is 9.09. The molecule has 1 aromatic heterocycles. The van der Waals surface area contributed by atoms with Crippen LogP contribution in [0.15, 0.2) is 10.6 Å². The molecule has 48 valence electrons. The summed E-state index contributed by atoms with van der Waals surface area (Å²) >= 11 is 0. The number of nitrogens with zero attached hydrogens (tertiary/aromatic N) is 1. The Bertz CT molecular complexity index is 206. The zero-order valence-corrected chi connectivity index (χ0v) is 4.83. The summed E-state index contributed by atoms with van der Waals surface area (Å²) in [5, 5.41) is 3.38. The Kier molecular flexibility index (Phi) is 1.48. The summed E-state index contributed by atoms with van der Waals surface area (Å²) in [6.07, 6.45) is 0.565. The Morgan fingerprint density at radius 2 is 2.67 bits per heavy atom. The number of aldehydes is 1. The van der Waals surface area contributed by atoms with Crippen molar-refractivity contribution in [2.24, 2.45) is 0 Å². The number of carbonyl (C=O) groups excluding carboxylic acids is 1. The predicted molar refractivity (Wildman–Crippen MR) is 28.4 cm³/mol. The SMILES string of the molecule is COc1cc(C=O)on1. The fraction of sp³-hybridized carbons (Fsp3) is 0.200. The Labute approximate surface area is 51.4 Å². The Hall–Kier alpha value is -1.32. The first-order valence-electron chi connectivity index (χ1n) is 2.32. The summed E-state index contributed by atoms with van der Waals surface area (Å²) in [6.45, 7) is 0. The number of hydrogen-bond donors (Lipinski definition) is 0. The molecule has 0 N–H and O–H groups in total. The summed E-state index contributed by atoms with van der Waals surface area (Å²) in [5.41, 5.74) is 0. The van der Waals surface area contributed by atoms with Gasteiger partial charge < -0.3 is 9.26 Å². The molecule has 0 spiro atoms. The van der Waals surface area contributed by atoms with Crippen LogP contribution in [0.3, 0.4) is 0 Å². The average Bonchev–Trinajstić information content (AvgIpc) is 2.34. The van der Waals surface area contributed by atoms with Crippen molar-refractivity contribution in [2.45, 2.75) is 0 Å². The molecule has 1 rings (SSSR count). The van der Waals surface area contributed by atoms with E-state index in [1.54, 1.807) is 0 Å². The van der Waals surface area contributed by atoms with Gasteiger partial charge in [0, 0.05) is 0 Å². The molecule has 4 heteroatoms. The largest absolute Gasteiger partial charge is 0.479 e. The molecule has 0 unspecified atom stereocenters. The average molecular weight is 127 g/mol. The van der Waals surface area contributed by atoms with E-state index in [1.807, 2.05) is 0 Å². The molecule has 0 bridgehead atoms. The van der Waals surface area contributed by atoms with Crippen LogP contribution in [0.1, 0.15) is 10.6 Å². The van der Waals surface area contributed by atoms with Crippen LogP contribution in [0.25, 0.3) is 0 Å². The Morgan fingerprint density at radius 3 is 3.00 bits per heavy atom. The van der Waals surface area contributed by atoms with Crippen molar-refractivity contribution < 1.29 is 14.1 Å². The van der Waals surface area contributed by atoms with Gasteiger partial charge in [0.2, 0.25) is 5.76 Å². The van der Waals surface area contributed by atoms with Crippen molar-refractivity contribution in [1.82, 2.24) is 5.16 Å². The highest BCUT2D eigenvalue weighted by Crippen LogP contribution is 2.07. The molecule has 0 amide bonds. The number of ether oxygens (including phenoxy) is 1. The van der Waals surface area contributed by atoms with Crippen LogP contribution < -0.4 is 4.74 Å². The maximum Gasteiger partial charge on any atom is 0.254 e. The topological polar surface area (TPSA) is 52.3 Å². The number of methoxy groups -OCH3 is 1. The van der Waals surface area contributed by atoms with E-state index in [2.05, 4.69) is 14.4 Å². The summed E-state index contributed by atoms with van der Waals surface area (Å²) in [6, 6.07) is 1.41. The molecule has 4 nitrogen and oxygen atoms in total. The van der Waals surface area contributed by atoms with Crippen molar-refractivity contribution in [3.8, 4) is 5.88 Å². The minimum Gasteiger partial charge on any atom is -0.479 e. The number of hydrogen-bond acceptors (Lipinski definition) is 4. The highest BCUT2D eigenvalue weighted by atomic mass is 16.5. The Morgan fingerprint density at radius 1 is 1.89 bits per heavy atom. The van der Waals surface area contributed by atoms with Crippen molar-refractivity contribution in [1.29, 1.82) is 0 Å². The molecule has 0 radical (unpaired) electrons. The molecule has 0 atom stereocenters. The Balaban J connectivity index is 2.86. The van der Waals surface area contributed by atoms with Crippen LogP contribution >= 0.6 is 0 Å². The number of aromatic nitrogens is 1. The lowest BCUT2D eigenvalue weighted by atomic mass is 10.5. The van der Waals surface area contributed by atoms with Gasteiger partial charge in [-0.2, -0.15) is 0 Å². The van der Waals surface area contributed by atoms with Crippen LogP contribution in [0.2, 0.25) is 0 Å². The predicted octanol–water partition coefficient (Wildman–Crippen LogP) is 0.496. The van der Waals surface area contributed by atoms with E-state index in [4.69, 9.17) is 0 Å². The second kappa shape index (κ2) is 2.30. The quantitative estimate of drug-likeness (QED) is 0.542. The molecular formula is C5H5NO3. The highest BCUT2D eigenvalue weighted by molar-refractivity contribution is 5.70. The van der Waals surface area contributed by atoms with Crippen molar-refractivity contribution in [2.75, 3.05) is 7.11 Å². The fourth-order valence-electron chi connectivity index (χ4n) is 0.424. The van der Waals surface area contributed by atoms with Gasteiger partial charge in [-0.25, -0.2) is 0 Å². The molecule has 1 heterocycles. The van der Waals surface area contributed by atoms with Crippen molar-refractivity contribution >= 4 is 6.29 Å². The number of rotatable bonds is 2. The van der Waals surface area contributed by atoms with Gasteiger partial charge in [-0.1, -0.05) is 0 Å². The van der Waals surface area contributed by atoms with Crippen LogP contribution in [-0.4, -0.2) is 18.6 Å². The summed E-state index contributed by atoms with van der Waals surface area (Å²) in [5.74, 6) is 0.490. The van der Waals surface area contributed by atoms with Gasteiger partial charge in [-0.05, 0) is 5.16 Å². The molecule has 0 aliphatic rings. The first-order valence-corrected chi connectivity index (χ1v) is 2.32. The van der Waals surface area contributed by atoms with E-state index in [0.717, 1.165) is 0 Å². The third-order valence-corrected chi connectivity index (χ3v) is 0.832. The second-order valence-electron chi connectivity index (χ2n) is 1.39. The lowest BCUT2D eigenvalue weighted by Crippen LogP contribution is -1.78. The highest BCUT2D eigenvalue weighted by Gasteiger charge is 1.99. The van der Waals surface area contributed by atoms with Gasteiger partial charge in [-0.3, -0.25) is 4.79 Å². The van der Waals surface area contributed by atoms with E-state index in [1.165, 1.54) is 13.2 Å². The second-order valence-corrected chi connectivity index (χ2v) is 1.39. The first-order chi connectivity index (χ1) is 4.36. The minimum atomic E-state index is 0.173. The van der Waals surface area contributed by atoms with Crippen molar-refractivity contribution in [3.05, 3.63) is 11.8 Å². The van der Waals surface area contributed by atoms with Crippen LogP contribution in [-0.2, 0) is 0 Å². The molecule has 0 saturated heterocycles. The van der Waals surface area contributed by atoms with Crippen LogP contribution in [0.4, 0.5) is 0 Å². The fourth-order valence-corrected chi connectivity index (χ4v) is 0.424. The number of carbonyl (C=O) groups is 1. The molecule has 0 fully saturated rings. The third-order valence-electron chi connectivity index (χ3n) is 0.832. The smallest absolute Gasteiger partial charge is 0.254 e. The van der Waals surface area contributed by atoms with Gasteiger partial charge in [0.05, 0.1) is 13.2 Å². The zero-order valence-electron chi connectivity index (χ0n) is 4.83. The van der Waals surface area contributed by atoms with E-state index in [-0.39, 0.29) is 5.76 Å². The summed E-state index contributed by atoms with van der Waals surface area (Å²) in [4.78, 5) is 9.95. The van der Waals surface area contributed by atoms with E-state index < -0.39 is 0 Å². The molecule has 0 aromatic carbocycles. The maximum absolute atomic E-state index is 9.95. The normalized spacial score (nSPS) is 9.00. The first kappa shape index (κ1) is 5.81.